The highest BCUT2D eigenvalue weighted by Crippen LogP contribution is 2.43. The molecule has 0 bridgehead atoms. The lowest BCUT2D eigenvalue weighted by Gasteiger charge is -2.33. The van der Waals surface area contributed by atoms with Crippen molar-refractivity contribution >= 4 is 15.8 Å². The largest absolute Gasteiger partial charge is 0.355 e. The number of sulfone groups is 1. The van der Waals surface area contributed by atoms with E-state index >= 15 is 0 Å². The van der Waals surface area contributed by atoms with Crippen LogP contribution < -0.4 is 5.32 Å². The number of nitrogens with one attached hydrogen (secondary N) is 1. The first-order valence-corrected chi connectivity index (χ1v) is 9.64. The average molecular weight is 301 g/mol. The molecule has 2 fully saturated rings. The highest BCUT2D eigenvalue weighted by atomic mass is 32.2. The first-order chi connectivity index (χ1) is 9.44. The fourth-order valence-corrected chi connectivity index (χ4v) is 3.98. The molecule has 1 saturated carbocycles. The van der Waals surface area contributed by atoms with Gasteiger partial charge in [-0.25, -0.2) is 8.42 Å². The molecule has 1 saturated heterocycles. The van der Waals surface area contributed by atoms with Crippen LogP contribution in [0, 0.1) is 5.41 Å². The lowest BCUT2D eigenvalue weighted by molar-refractivity contribution is 0.203. The Labute approximate surface area is 122 Å². The molecular weight excluding hydrogens is 274 g/mol. The highest BCUT2D eigenvalue weighted by molar-refractivity contribution is 7.90. The first kappa shape index (κ1) is 15.6. The standard InChI is InChI=1S/C14H27N3O2S/c1-15-13(16-9-11-20(2,18)19)17-10-8-14(12-17)6-4-3-5-7-14/h3-12H2,1-2H3,(H,15,16). The van der Waals surface area contributed by atoms with Gasteiger partial charge in [-0.1, -0.05) is 19.3 Å². The summed E-state index contributed by atoms with van der Waals surface area (Å²) in [6, 6.07) is 0. The minimum Gasteiger partial charge on any atom is -0.355 e. The smallest absolute Gasteiger partial charge is 0.193 e. The Kier molecular flexibility index (Phi) is 4.94. The molecule has 0 unspecified atom stereocenters. The lowest BCUT2D eigenvalue weighted by atomic mass is 9.73. The molecule has 1 heterocycles. The summed E-state index contributed by atoms with van der Waals surface area (Å²) in [6.07, 6.45) is 9.28. The molecule has 6 heteroatoms. The third kappa shape index (κ3) is 4.11. The molecule has 0 radical (unpaired) electrons. The number of rotatable bonds is 3. The molecule has 1 aliphatic carbocycles. The van der Waals surface area contributed by atoms with Gasteiger partial charge in [0.1, 0.15) is 9.84 Å². The van der Waals surface area contributed by atoms with Gasteiger partial charge in [0.15, 0.2) is 5.96 Å². The Morgan fingerprint density at radius 1 is 1.25 bits per heavy atom. The van der Waals surface area contributed by atoms with Gasteiger partial charge in [0.25, 0.3) is 0 Å². The maximum Gasteiger partial charge on any atom is 0.193 e. The van der Waals surface area contributed by atoms with E-state index in [0.717, 1.165) is 19.0 Å². The topological polar surface area (TPSA) is 61.8 Å². The third-order valence-corrected chi connectivity index (χ3v) is 5.57. The average Bonchev–Trinajstić information content (AvgIpc) is 2.78. The van der Waals surface area contributed by atoms with Gasteiger partial charge in [0, 0.05) is 32.9 Å². The normalized spacial score (nSPS) is 23.3. The molecule has 1 aliphatic heterocycles. The van der Waals surface area contributed by atoms with Crippen molar-refractivity contribution in [2.75, 3.05) is 38.7 Å². The van der Waals surface area contributed by atoms with Crippen LogP contribution in [-0.4, -0.2) is 58.0 Å². The second-order valence-electron chi connectivity index (χ2n) is 6.34. The van der Waals surface area contributed by atoms with Crippen LogP contribution >= 0.6 is 0 Å². The molecule has 2 rings (SSSR count). The Morgan fingerprint density at radius 2 is 1.95 bits per heavy atom. The number of hydrogen-bond donors (Lipinski definition) is 1. The monoisotopic (exact) mass is 301 g/mol. The zero-order valence-corrected chi connectivity index (χ0v) is 13.5. The van der Waals surface area contributed by atoms with Crippen LogP contribution in [0.1, 0.15) is 38.5 Å². The summed E-state index contributed by atoms with van der Waals surface area (Å²) in [5.41, 5.74) is 0.493. The predicted molar refractivity (Wildman–Crippen MR) is 82.8 cm³/mol. The van der Waals surface area contributed by atoms with Crippen LogP contribution in [0.5, 0.6) is 0 Å². The van der Waals surface area contributed by atoms with E-state index in [2.05, 4.69) is 15.2 Å². The van der Waals surface area contributed by atoms with Gasteiger partial charge in [-0.15, -0.1) is 0 Å². The zero-order valence-electron chi connectivity index (χ0n) is 12.7. The molecule has 2 aliphatic rings. The summed E-state index contributed by atoms with van der Waals surface area (Å²) >= 11 is 0. The second-order valence-corrected chi connectivity index (χ2v) is 8.60. The van der Waals surface area contributed by atoms with Crippen LogP contribution in [0.15, 0.2) is 4.99 Å². The minimum absolute atomic E-state index is 0.158. The maximum atomic E-state index is 11.2. The van der Waals surface area contributed by atoms with E-state index in [0.29, 0.717) is 12.0 Å². The summed E-state index contributed by atoms with van der Waals surface area (Å²) in [6.45, 7) is 2.55. The molecule has 1 N–H and O–H groups in total. The van der Waals surface area contributed by atoms with Gasteiger partial charge in [-0.3, -0.25) is 4.99 Å². The molecule has 1 spiro atoms. The van der Waals surface area contributed by atoms with Crippen molar-refractivity contribution in [1.82, 2.24) is 10.2 Å². The summed E-state index contributed by atoms with van der Waals surface area (Å²) in [5.74, 6) is 1.02. The van der Waals surface area contributed by atoms with Crippen molar-refractivity contribution in [2.45, 2.75) is 38.5 Å². The highest BCUT2D eigenvalue weighted by Gasteiger charge is 2.39. The van der Waals surface area contributed by atoms with E-state index in [-0.39, 0.29) is 5.75 Å². The number of likely N-dealkylation sites (tertiary alicyclic amines) is 1. The van der Waals surface area contributed by atoms with E-state index in [1.165, 1.54) is 44.8 Å². The van der Waals surface area contributed by atoms with Crippen LogP contribution in [0.4, 0.5) is 0 Å². The Balaban J connectivity index is 1.87. The predicted octanol–water partition coefficient (Wildman–Crippen LogP) is 1.26. The SMILES string of the molecule is CN=C(NCCS(C)(=O)=O)N1CCC2(CCCCC2)C1. The van der Waals surface area contributed by atoms with Crippen molar-refractivity contribution in [3.05, 3.63) is 0 Å². The van der Waals surface area contributed by atoms with Crippen molar-refractivity contribution in [3.8, 4) is 0 Å². The number of guanidine groups is 1. The van der Waals surface area contributed by atoms with Crippen LogP contribution in [0.3, 0.4) is 0 Å². The van der Waals surface area contributed by atoms with Gasteiger partial charge < -0.3 is 10.2 Å². The molecule has 0 amide bonds. The van der Waals surface area contributed by atoms with E-state index in [9.17, 15) is 8.42 Å². The van der Waals surface area contributed by atoms with Crippen LogP contribution in [0.25, 0.3) is 0 Å². The van der Waals surface area contributed by atoms with E-state index in [4.69, 9.17) is 0 Å². The van der Waals surface area contributed by atoms with Crippen molar-refractivity contribution in [1.29, 1.82) is 0 Å². The van der Waals surface area contributed by atoms with Crippen LogP contribution in [0.2, 0.25) is 0 Å². The third-order valence-electron chi connectivity index (χ3n) is 4.62. The summed E-state index contributed by atoms with van der Waals surface area (Å²) in [7, 11) is -1.14. The van der Waals surface area contributed by atoms with Crippen LogP contribution in [-0.2, 0) is 9.84 Å². The van der Waals surface area contributed by atoms with Crippen molar-refractivity contribution in [2.24, 2.45) is 10.4 Å². The summed E-state index contributed by atoms with van der Waals surface area (Å²) < 4.78 is 22.3. The molecule has 0 aromatic heterocycles. The number of aliphatic imine (C=N–C) groups is 1. The fraction of sp³-hybridized carbons (Fsp3) is 0.929. The fourth-order valence-electron chi connectivity index (χ4n) is 3.51. The minimum atomic E-state index is -2.91. The van der Waals surface area contributed by atoms with Crippen molar-refractivity contribution in [3.63, 3.8) is 0 Å². The number of hydrogen-bond acceptors (Lipinski definition) is 3. The summed E-state index contributed by atoms with van der Waals surface area (Å²) in [5, 5.41) is 3.19. The van der Waals surface area contributed by atoms with E-state index in [1.54, 1.807) is 7.05 Å². The molecular formula is C14H27N3O2S. The molecule has 116 valence electrons. The molecule has 20 heavy (non-hydrogen) atoms. The quantitative estimate of drug-likeness (QED) is 0.630. The van der Waals surface area contributed by atoms with Crippen molar-refractivity contribution < 1.29 is 8.42 Å². The molecule has 0 aromatic carbocycles. The van der Waals surface area contributed by atoms with E-state index in [1.807, 2.05) is 0 Å². The Bertz CT molecular complexity index is 453. The lowest BCUT2D eigenvalue weighted by Crippen LogP contribution is -2.43. The van der Waals surface area contributed by atoms with Gasteiger partial charge in [-0.05, 0) is 24.7 Å². The van der Waals surface area contributed by atoms with Gasteiger partial charge >= 0.3 is 0 Å². The molecule has 5 nitrogen and oxygen atoms in total. The Morgan fingerprint density at radius 3 is 2.55 bits per heavy atom. The number of nitrogens with zero attached hydrogens (tertiary/aromatic N) is 2. The van der Waals surface area contributed by atoms with Gasteiger partial charge in [-0.2, -0.15) is 0 Å². The maximum absolute atomic E-state index is 11.2. The van der Waals surface area contributed by atoms with Gasteiger partial charge in [0.05, 0.1) is 5.75 Å². The Hall–Kier alpha value is -0.780. The molecule has 0 aromatic rings. The zero-order chi connectivity index (χ0) is 14.6. The molecule has 0 atom stereocenters. The first-order valence-electron chi connectivity index (χ1n) is 7.57. The summed E-state index contributed by atoms with van der Waals surface area (Å²) in [4.78, 5) is 6.60. The van der Waals surface area contributed by atoms with E-state index < -0.39 is 9.84 Å². The second kappa shape index (κ2) is 6.33. The van der Waals surface area contributed by atoms with Gasteiger partial charge in [0.2, 0.25) is 0 Å².